The Morgan fingerprint density at radius 1 is 1.11 bits per heavy atom. The molecule has 2 bridgehead atoms. The Kier molecular flexibility index (Phi) is 8.63. The van der Waals surface area contributed by atoms with Crippen molar-refractivity contribution in [3.63, 3.8) is 0 Å². The van der Waals surface area contributed by atoms with E-state index in [2.05, 4.69) is 20.9 Å². The summed E-state index contributed by atoms with van der Waals surface area (Å²) >= 11 is 5.93. The third-order valence-corrected chi connectivity index (χ3v) is 9.94. The number of nitrogens with one attached hydrogen (secondary N) is 3. The Morgan fingerprint density at radius 3 is 2.57 bits per heavy atom. The van der Waals surface area contributed by atoms with Gasteiger partial charge in [-0.15, -0.1) is 11.6 Å². The Labute approximate surface area is 223 Å². The standard InChI is InChI=1S/C26H42ClFN4O5/c27-19-2-1-18(14-20(19)28)37-16-23(34)30-26-6-4-25(5-7-26,15-22(26)33)31-24(35)21-13-17(3-8-29-21)32-9-11-36-12-10-32/h17-22,29,33H,1-16H2,(H,30,34)(H,31,35). The molecule has 4 saturated carbocycles. The van der Waals surface area contributed by atoms with Crippen LogP contribution in [0, 0.1) is 0 Å². The average molecular weight is 545 g/mol. The fourth-order valence-electron chi connectivity index (χ4n) is 7.08. The molecule has 6 unspecified atom stereocenters. The largest absolute Gasteiger partial charge is 0.391 e. The van der Waals surface area contributed by atoms with Gasteiger partial charge < -0.3 is 30.5 Å². The van der Waals surface area contributed by atoms with Gasteiger partial charge in [-0.05, 0) is 64.3 Å². The number of rotatable bonds is 7. The van der Waals surface area contributed by atoms with Gasteiger partial charge in [-0.2, -0.15) is 0 Å². The van der Waals surface area contributed by atoms with Gasteiger partial charge in [-0.25, -0.2) is 4.39 Å². The quantitative estimate of drug-likeness (QED) is 0.354. The molecular weight excluding hydrogens is 503 g/mol. The summed E-state index contributed by atoms with van der Waals surface area (Å²) in [6, 6.07) is 0.143. The van der Waals surface area contributed by atoms with Gasteiger partial charge in [-0.1, -0.05) is 0 Å². The van der Waals surface area contributed by atoms with Crippen LogP contribution >= 0.6 is 11.6 Å². The summed E-state index contributed by atoms with van der Waals surface area (Å²) in [5, 5.41) is 20.3. The summed E-state index contributed by atoms with van der Waals surface area (Å²) in [7, 11) is 0. The number of carbonyl (C=O) groups is 2. The molecule has 210 valence electrons. The van der Waals surface area contributed by atoms with E-state index < -0.39 is 28.7 Å². The van der Waals surface area contributed by atoms with Gasteiger partial charge in [0.2, 0.25) is 11.8 Å². The van der Waals surface area contributed by atoms with Crippen molar-refractivity contribution < 1.29 is 28.6 Å². The van der Waals surface area contributed by atoms with Gasteiger partial charge in [0.1, 0.15) is 12.8 Å². The number of amides is 2. The van der Waals surface area contributed by atoms with E-state index in [0.29, 0.717) is 51.0 Å². The second kappa shape index (κ2) is 11.6. The summed E-state index contributed by atoms with van der Waals surface area (Å²) < 4.78 is 25.0. The van der Waals surface area contributed by atoms with Crippen LogP contribution in [0.2, 0.25) is 0 Å². The number of aliphatic hydroxyl groups is 1. The lowest BCUT2D eigenvalue weighted by Gasteiger charge is -2.56. The number of nitrogens with zero attached hydrogens (tertiary/aromatic N) is 1. The lowest BCUT2D eigenvalue weighted by Crippen LogP contribution is -2.71. The first kappa shape index (κ1) is 27.5. The average Bonchev–Trinajstić information content (AvgIpc) is 2.91. The van der Waals surface area contributed by atoms with Crippen molar-refractivity contribution in [1.29, 1.82) is 0 Å². The van der Waals surface area contributed by atoms with Crippen molar-refractivity contribution in [3.8, 4) is 0 Å². The molecule has 0 aromatic carbocycles. The highest BCUT2D eigenvalue weighted by Crippen LogP contribution is 2.47. The zero-order valence-corrected chi connectivity index (χ0v) is 22.3. The van der Waals surface area contributed by atoms with Crippen molar-refractivity contribution in [2.24, 2.45) is 0 Å². The summed E-state index contributed by atoms with van der Waals surface area (Å²) in [6.45, 7) is 3.99. The fraction of sp³-hybridized carbons (Fsp3) is 0.923. The molecule has 6 atom stereocenters. The Morgan fingerprint density at radius 2 is 1.86 bits per heavy atom. The molecule has 6 aliphatic rings. The molecule has 2 heterocycles. The Bertz CT molecular complexity index is 823. The van der Waals surface area contributed by atoms with Crippen LogP contribution in [0.1, 0.15) is 64.2 Å². The highest BCUT2D eigenvalue weighted by atomic mass is 35.5. The molecule has 0 spiro atoms. The van der Waals surface area contributed by atoms with Gasteiger partial charge >= 0.3 is 0 Å². The van der Waals surface area contributed by atoms with E-state index in [-0.39, 0.29) is 37.0 Å². The molecular formula is C26H42ClFN4O5. The number of fused-ring (bicyclic) bond motifs is 3. The van der Waals surface area contributed by atoms with E-state index in [4.69, 9.17) is 21.1 Å². The molecule has 37 heavy (non-hydrogen) atoms. The number of halogens is 2. The molecule has 4 aliphatic carbocycles. The number of alkyl halides is 2. The Hall–Kier alpha value is -1.04. The first-order valence-electron chi connectivity index (χ1n) is 14.0. The highest BCUT2D eigenvalue weighted by molar-refractivity contribution is 6.21. The minimum absolute atomic E-state index is 0.00910. The topological polar surface area (TPSA) is 112 Å². The van der Waals surface area contributed by atoms with E-state index in [1.54, 1.807) is 0 Å². The van der Waals surface area contributed by atoms with E-state index in [1.165, 1.54) is 0 Å². The lowest BCUT2D eigenvalue weighted by molar-refractivity contribution is -0.140. The van der Waals surface area contributed by atoms with Gasteiger partial charge in [0.05, 0.1) is 42.4 Å². The van der Waals surface area contributed by atoms with Crippen molar-refractivity contribution >= 4 is 23.4 Å². The summed E-state index contributed by atoms with van der Waals surface area (Å²) in [5.41, 5.74) is -1.14. The maximum Gasteiger partial charge on any atom is 0.246 e. The van der Waals surface area contributed by atoms with Crippen LogP contribution in [-0.4, -0.2) is 108 Å². The molecule has 11 heteroatoms. The lowest BCUT2D eigenvalue weighted by atomic mass is 9.59. The molecule has 0 radical (unpaired) electrons. The summed E-state index contributed by atoms with van der Waals surface area (Å²) in [5.74, 6) is -0.281. The SMILES string of the molecule is O=C(COC1CCC(Cl)C(F)C1)NC12CCC(NC(=O)C3CC(N4CCOCC4)CCN3)(CC1)CC2O. The predicted octanol–water partition coefficient (Wildman–Crippen LogP) is 1.00. The third-order valence-electron chi connectivity index (χ3n) is 9.45. The molecule has 4 N–H and O–H groups in total. The maximum atomic E-state index is 13.9. The van der Waals surface area contributed by atoms with Crippen molar-refractivity contribution in [3.05, 3.63) is 0 Å². The van der Waals surface area contributed by atoms with Crippen LogP contribution in [0.3, 0.4) is 0 Å². The van der Waals surface area contributed by atoms with Crippen LogP contribution in [-0.2, 0) is 19.1 Å². The summed E-state index contributed by atoms with van der Waals surface area (Å²) in [4.78, 5) is 28.4. The molecule has 2 aliphatic heterocycles. The number of ether oxygens (including phenoxy) is 2. The molecule has 0 aromatic heterocycles. The zero-order valence-electron chi connectivity index (χ0n) is 21.6. The van der Waals surface area contributed by atoms with Crippen LogP contribution < -0.4 is 16.0 Å². The van der Waals surface area contributed by atoms with Crippen LogP contribution in [0.5, 0.6) is 0 Å². The fourth-order valence-corrected chi connectivity index (χ4v) is 7.31. The smallest absolute Gasteiger partial charge is 0.246 e. The van der Waals surface area contributed by atoms with Gasteiger partial charge in [0, 0.05) is 31.1 Å². The highest BCUT2D eigenvalue weighted by Gasteiger charge is 2.55. The monoisotopic (exact) mass is 544 g/mol. The minimum Gasteiger partial charge on any atom is -0.391 e. The van der Waals surface area contributed by atoms with Gasteiger partial charge in [0.15, 0.2) is 0 Å². The number of piperidine rings is 1. The van der Waals surface area contributed by atoms with Gasteiger partial charge in [-0.3, -0.25) is 14.5 Å². The maximum absolute atomic E-state index is 13.9. The Balaban J connectivity index is 1.10. The van der Waals surface area contributed by atoms with Crippen LogP contribution in [0.15, 0.2) is 0 Å². The zero-order chi connectivity index (χ0) is 26.0. The van der Waals surface area contributed by atoms with Crippen LogP contribution in [0.25, 0.3) is 0 Å². The first-order valence-corrected chi connectivity index (χ1v) is 14.5. The molecule has 0 aromatic rings. The number of carbonyl (C=O) groups excluding carboxylic acids is 2. The normalized spacial score (nSPS) is 42.8. The minimum atomic E-state index is -1.11. The number of hydrogen-bond acceptors (Lipinski definition) is 7. The first-order chi connectivity index (χ1) is 17.8. The number of aliphatic hydroxyl groups excluding tert-OH is 1. The molecule has 6 fully saturated rings. The van der Waals surface area contributed by atoms with E-state index >= 15 is 0 Å². The number of morpholine rings is 1. The molecule has 9 nitrogen and oxygen atoms in total. The van der Waals surface area contributed by atoms with E-state index in [9.17, 15) is 19.1 Å². The van der Waals surface area contributed by atoms with Crippen molar-refractivity contribution in [2.45, 2.75) is 111 Å². The van der Waals surface area contributed by atoms with E-state index in [1.807, 2.05) is 0 Å². The predicted molar refractivity (Wildman–Crippen MR) is 136 cm³/mol. The third kappa shape index (κ3) is 6.25. The second-order valence-electron chi connectivity index (χ2n) is 11.8. The van der Waals surface area contributed by atoms with Crippen molar-refractivity contribution in [1.82, 2.24) is 20.9 Å². The molecule has 2 saturated heterocycles. The molecule has 6 rings (SSSR count). The molecule has 2 amide bonds. The van der Waals surface area contributed by atoms with Gasteiger partial charge in [0.25, 0.3) is 0 Å². The van der Waals surface area contributed by atoms with Crippen molar-refractivity contribution in [2.75, 3.05) is 39.5 Å². The van der Waals surface area contributed by atoms with E-state index in [0.717, 1.165) is 45.7 Å². The second-order valence-corrected chi connectivity index (χ2v) is 12.4. The van der Waals surface area contributed by atoms with Crippen LogP contribution in [0.4, 0.5) is 4.39 Å². The summed E-state index contributed by atoms with van der Waals surface area (Å²) in [6.07, 6.45) is 4.05. The number of hydrogen-bond donors (Lipinski definition) is 4.